The second kappa shape index (κ2) is 4.06. The fraction of sp³-hybridized carbons (Fsp3) is 0.333. The molecule has 2 heterocycles. The molecular weight excluding hydrogens is 244 g/mol. The SMILES string of the molecule is CNCCc1cnc2ncc(Br)cn12. The van der Waals surface area contributed by atoms with E-state index in [4.69, 9.17) is 0 Å². The number of rotatable bonds is 3. The number of halogens is 1. The lowest BCUT2D eigenvalue weighted by atomic mass is 10.3. The van der Waals surface area contributed by atoms with Gasteiger partial charge in [-0.05, 0) is 23.0 Å². The Labute approximate surface area is 90.5 Å². The summed E-state index contributed by atoms with van der Waals surface area (Å²) in [6.07, 6.45) is 6.56. The molecule has 2 aromatic rings. The zero-order chi connectivity index (χ0) is 9.97. The second-order valence-electron chi connectivity index (χ2n) is 3.05. The molecule has 5 heteroatoms. The molecule has 74 valence electrons. The predicted octanol–water partition coefficient (Wildman–Crippen LogP) is 1.25. The third-order valence-electron chi connectivity index (χ3n) is 2.04. The van der Waals surface area contributed by atoms with Gasteiger partial charge in [-0.2, -0.15) is 0 Å². The third-order valence-corrected chi connectivity index (χ3v) is 2.45. The lowest BCUT2D eigenvalue weighted by Gasteiger charge is -2.00. The molecule has 0 saturated carbocycles. The van der Waals surface area contributed by atoms with Crippen LogP contribution < -0.4 is 5.32 Å². The average molecular weight is 255 g/mol. The van der Waals surface area contributed by atoms with Crippen LogP contribution in [0, 0.1) is 0 Å². The Morgan fingerprint density at radius 3 is 3.00 bits per heavy atom. The van der Waals surface area contributed by atoms with Crippen molar-refractivity contribution in [3.8, 4) is 0 Å². The lowest BCUT2D eigenvalue weighted by Crippen LogP contribution is -2.11. The number of hydrogen-bond donors (Lipinski definition) is 1. The molecule has 0 unspecified atom stereocenters. The van der Waals surface area contributed by atoms with Crippen LogP contribution in [0.25, 0.3) is 5.78 Å². The van der Waals surface area contributed by atoms with Gasteiger partial charge in [-0.15, -0.1) is 0 Å². The predicted molar refractivity (Wildman–Crippen MR) is 58.3 cm³/mol. The van der Waals surface area contributed by atoms with Crippen molar-refractivity contribution >= 4 is 21.7 Å². The van der Waals surface area contributed by atoms with Gasteiger partial charge in [0.1, 0.15) is 0 Å². The summed E-state index contributed by atoms with van der Waals surface area (Å²) < 4.78 is 2.97. The third kappa shape index (κ3) is 1.78. The van der Waals surface area contributed by atoms with Gasteiger partial charge in [-0.25, -0.2) is 9.97 Å². The van der Waals surface area contributed by atoms with Gasteiger partial charge in [0.2, 0.25) is 5.78 Å². The van der Waals surface area contributed by atoms with E-state index in [0.29, 0.717) is 0 Å². The first-order valence-electron chi connectivity index (χ1n) is 4.43. The van der Waals surface area contributed by atoms with E-state index in [0.717, 1.165) is 23.2 Å². The molecule has 1 N–H and O–H groups in total. The van der Waals surface area contributed by atoms with Crippen molar-refractivity contribution in [2.24, 2.45) is 0 Å². The monoisotopic (exact) mass is 254 g/mol. The first-order valence-corrected chi connectivity index (χ1v) is 5.22. The molecule has 0 amide bonds. The van der Waals surface area contributed by atoms with E-state index >= 15 is 0 Å². The number of hydrogen-bond acceptors (Lipinski definition) is 3. The average Bonchev–Trinajstić information content (AvgIpc) is 2.57. The molecule has 0 spiro atoms. The van der Waals surface area contributed by atoms with Crippen LogP contribution in [0.15, 0.2) is 23.1 Å². The molecule has 0 saturated heterocycles. The van der Waals surface area contributed by atoms with E-state index in [2.05, 4.69) is 31.2 Å². The Kier molecular flexibility index (Phi) is 2.79. The molecule has 0 aliphatic heterocycles. The van der Waals surface area contributed by atoms with E-state index in [1.807, 2.05) is 23.8 Å². The minimum Gasteiger partial charge on any atom is -0.319 e. The van der Waals surface area contributed by atoms with Crippen molar-refractivity contribution in [3.63, 3.8) is 0 Å². The summed E-state index contributed by atoms with van der Waals surface area (Å²) >= 11 is 3.39. The van der Waals surface area contributed by atoms with Gasteiger partial charge in [0.25, 0.3) is 0 Å². The van der Waals surface area contributed by atoms with Crippen LogP contribution >= 0.6 is 15.9 Å². The maximum Gasteiger partial charge on any atom is 0.233 e. The lowest BCUT2D eigenvalue weighted by molar-refractivity contribution is 0.769. The highest BCUT2D eigenvalue weighted by Crippen LogP contribution is 2.11. The Balaban J connectivity index is 2.40. The van der Waals surface area contributed by atoms with Crippen molar-refractivity contribution < 1.29 is 0 Å². The molecule has 0 aliphatic carbocycles. The van der Waals surface area contributed by atoms with Crippen LogP contribution in [0.5, 0.6) is 0 Å². The van der Waals surface area contributed by atoms with Gasteiger partial charge in [0.05, 0.1) is 10.7 Å². The molecule has 0 fully saturated rings. The minimum atomic E-state index is 0.749. The molecule has 4 nitrogen and oxygen atoms in total. The summed E-state index contributed by atoms with van der Waals surface area (Å²) in [6.45, 7) is 0.945. The number of imidazole rings is 1. The van der Waals surface area contributed by atoms with Crippen LogP contribution in [0.3, 0.4) is 0 Å². The molecule has 0 atom stereocenters. The maximum atomic E-state index is 4.22. The van der Waals surface area contributed by atoms with E-state index in [9.17, 15) is 0 Å². The van der Waals surface area contributed by atoms with Crippen molar-refractivity contribution in [3.05, 3.63) is 28.8 Å². The Morgan fingerprint density at radius 2 is 2.21 bits per heavy atom. The number of fused-ring (bicyclic) bond motifs is 1. The maximum absolute atomic E-state index is 4.22. The number of nitrogens with zero attached hydrogens (tertiary/aromatic N) is 3. The summed E-state index contributed by atoms with van der Waals surface area (Å²) in [5, 5.41) is 3.11. The van der Waals surface area contributed by atoms with E-state index in [1.54, 1.807) is 6.20 Å². The molecule has 0 aliphatic rings. The van der Waals surface area contributed by atoms with Crippen molar-refractivity contribution in [1.29, 1.82) is 0 Å². The standard InChI is InChI=1S/C9H11BrN4/c1-11-3-2-8-5-13-9-12-4-7(10)6-14(8)9/h4-6,11H,2-3H2,1H3. The first kappa shape index (κ1) is 9.61. The molecule has 2 rings (SSSR count). The van der Waals surface area contributed by atoms with Crippen molar-refractivity contribution in [1.82, 2.24) is 19.7 Å². The quantitative estimate of drug-likeness (QED) is 0.897. The molecule has 14 heavy (non-hydrogen) atoms. The Morgan fingerprint density at radius 1 is 1.43 bits per heavy atom. The highest BCUT2D eigenvalue weighted by molar-refractivity contribution is 9.10. The fourth-order valence-corrected chi connectivity index (χ4v) is 1.64. The normalized spacial score (nSPS) is 11.0. The number of aromatic nitrogens is 3. The molecule has 0 aromatic carbocycles. The van der Waals surface area contributed by atoms with Gasteiger partial charge >= 0.3 is 0 Å². The van der Waals surface area contributed by atoms with Gasteiger partial charge in [-0.1, -0.05) is 0 Å². The van der Waals surface area contributed by atoms with Crippen LogP contribution in [0.4, 0.5) is 0 Å². The van der Waals surface area contributed by atoms with E-state index in [1.165, 1.54) is 5.69 Å². The highest BCUT2D eigenvalue weighted by atomic mass is 79.9. The van der Waals surface area contributed by atoms with Crippen LogP contribution in [-0.4, -0.2) is 28.0 Å². The first-order chi connectivity index (χ1) is 6.81. The van der Waals surface area contributed by atoms with Crippen molar-refractivity contribution in [2.75, 3.05) is 13.6 Å². The van der Waals surface area contributed by atoms with Crippen LogP contribution in [0.1, 0.15) is 5.69 Å². The summed E-state index contributed by atoms with van der Waals surface area (Å²) in [4.78, 5) is 8.41. The van der Waals surface area contributed by atoms with Crippen LogP contribution in [-0.2, 0) is 6.42 Å². The highest BCUT2D eigenvalue weighted by Gasteiger charge is 2.03. The summed E-state index contributed by atoms with van der Waals surface area (Å²) in [7, 11) is 1.94. The fourth-order valence-electron chi connectivity index (χ4n) is 1.34. The smallest absolute Gasteiger partial charge is 0.233 e. The molecule has 0 radical (unpaired) electrons. The summed E-state index contributed by atoms with van der Waals surface area (Å²) in [5.41, 5.74) is 1.17. The van der Waals surface area contributed by atoms with Gasteiger partial charge in [0.15, 0.2) is 0 Å². The van der Waals surface area contributed by atoms with E-state index < -0.39 is 0 Å². The zero-order valence-corrected chi connectivity index (χ0v) is 9.45. The topological polar surface area (TPSA) is 42.2 Å². The zero-order valence-electron chi connectivity index (χ0n) is 7.87. The molecule has 0 bridgehead atoms. The van der Waals surface area contributed by atoms with Crippen molar-refractivity contribution in [2.45, 2.75) is 6.42 Å². The Hall–Kier alpha value is -0.940. The number of nitrogens with one attached hydrogen (secondary N) is 1. The molecular formula is C9H11BrN4. The minimum absolute atomic E-state index is 0.749. The van der Waals surface area contributed by atoms with E-state index in [-0.39, 0.29) is 0 Å². The second-order valence-corrected chi connectivity index (χ2v) is 3.96. The summed E-state index contributed by atoms with van der Waals surface area (Å²) in [6, 6.07) is 0. The Bertz CT molecular complexity index is 437. The van der Waals surface area contributed by atoms with Gasteiger partial charge in [-0.3, -0.25) is 4.40 Å². The summed E-state index contributed by atoms with van der Waals surface area (Å²) in [5.74, 6) is 0.749. The number of likely N-dealkylation sites (N-methyl/N-ethyl adjacent to an activating group) is 1. The molecule has 2 aromatic heterocycles. The van der Waals surface area contributed by atoms with Crippen LogP contribution in [0.2, 0.25) is 0 Å². The van der Waals surface area contributed by atoms with Gasteiger partial charge in [0, 0.05) is 31.1 Å². The van der Waals surface area contributed by atoms with Gasteiger partial charge < -0.3 is 5.32 Å². The largest absolute Gasteiger partial charge is 0.319 e.